The second-order valence-electron chi connectivity index (χ2n) is 15.8. The van der Waals surface area contributed by atoms with Gasteiger partial charge in [0.05, 0.1) is 34.0 Å². The molecule has 320 valence electrons. The monoisotopic (exact) mass is 794 g/mol. The first-order valence-electron chi connectivity index (χ1n) is 22.1. The van der Waals surface area contributed by atoms with Crippen LogP contribution in [0.1, 0.15) is 174 Å². The summed E-state index contributed by atoms with van der Waals surface area (Å²) in [7, 11) is 1.29. The Morgan fingerprint density at radius 3 is 1.55 bits per heavy atom. The van der Waals surface area contributed by atoms with Crippen LogP contribution in [-0.2, 0) is 27.9 Å². The van der Waals surface area contributed by atoms with Crippen LogP contribution in [0.3, 0.4) is 0 Å². The Bertz CT molecular complexity index is 1060. The van der Waals surface area contributed by atoms with Crippen molar-refractivity contribution in [1.82, 2.24) is 0 Å². The molecule has 0 amide bonds. The fourth-order valence-electron chi connectivity index (χ4n) is 5.68. The number of rotatable bonds is 40. The zero-order chi connectivity index (χ0) is 40.6. The highest BCUT2D eigenvalue weighted by molar-refractivity contribution is 7.45. The largest absolute Gasteiger partial charge is 0.756 e. The van der Waals surface area contributed by atoms with Gasteiger partial charge >= 0.3 is 5.97 Å². The lowest BCUT2D eigenvalue weighted by atomic mass is 10.0. The maximum Gasteiger partial charge on any atom is 0.306 e. The van der Waals surface area contributed by atoms with Crippen LogP contribution >= 0.6 is 7.82 Å². The molecule has 0 aromatic rings. The highest BCUT2D eigenvalue weighted by Gasteiger charge is 2.20. The third kappa shape index (κ3) is 43.0. The number of hydrogen-bond donors (Lipinski definition) is 0. The molecule has 0 N–H and O–H groups in total. The molecule has 0 bridgehead atoms. The lowest BCUT2D eigenvalue weighted by Crippen LogP contribution is -2.37. The van der Waals surface area contributed by atoms with Crippen molar-refractivity contribution in [2.45, 2.75) is 180 Å². The van der Waals surface area contributed by atoms with Gasteiger partial charge in [0.15, 0.2) is 6.10 Å². The summed E-state index contributed by atoms with van der Waals surface area (Å²) in [5.74, 6) is -0.411. The summed E-state index contributed by atoms with van der Waals surface area (Å²) in [6.45, 7) is 4.64. The quantitative estimate of drug-likeness (QED) is 0.0152. The highest BCUT2D eigenvalue weighted by Crippen LogP contribution is 2.38. The number of unbranched alkanes of at least 4 members (excludes halogenated alkanes) is 18. The van der Waals surface area contributed by atoms with Crippen molar-refractivity contribution in [1.29, 1.82) is 0 Å². The summed E-state index contributed by atoms with van der Waals surface area (Å²) in [6, 6.07) is 0. The van der Waals surface area contributed by atoms with Crippen LogP contribution in [0, 0.1) is 0 Å². The van der Waals surface area contributed by atoms with Crippen molar-refractivity contribution in [3.05, 3.63) is 60.9 Å². The van der Waals surface area contributed by atoms with Crippen LogP contribution in [0.4, 0.5) is 0 Å². The molecule has 0 rings (SSSR count). The minimum absolute atomic E-state index is 0.00294. The van der Waals surface area contributed by atoms with E-state index < -0.39 is 19.9 Å². The number of esters is 1. The van der Waals surface area contributed by atoms with Gasteiger partial charge in [-0.25, -0.2) is 0 Å². The predicted octanol–water partition coefficient (Wildman–Crippen LogP) is 12.7. The van der Waals surface area contributed by atoms with Crippen molar-refractivity contribution in [2.24, 2.45) is 0 Å². The fraction of sp³-hybridized carbons (Fsp3) is 0.761. The first-order valence-corrected chi connectivity index (χ1v) is 23.5. The Hall–Kier alpha value is -1.96. The van der Waals surface area contributed by atoms with Gasteiger partial charge in [-0.15, -0.1) is 0 Å². The Morgan fingerprint density at radius 2 is 1.02 bits per heavy atom. The van der Waals surface area contributed by atoms with Crippen LogP contribution in [0.5, 0.6) is 0 Å². The molecule has 2 atom stereocenters. The second kappa shape index (κ2) is 38.9. The van der Waals surface area contributed by atoms with E-state index >= 15 is 0 Å². The van der Waals surface area contributed by atoms with Crippen LogP contribution in [-0.4, -0.2) is 64.1 Å². The van der Waals surface area contributed by atoms with E-state index in [0.29, 0.717) is 17.4 Å². The molecule has 1 unspecified atom stereocenters. The minimum atomic E-state index is -4.56. The molecule has 9 heteroatoms. The average Bonchev–Trinajstić information content (AvgIpc) is 3.13. The summed E-state index contributed by atoms with van der Waals surface area (Å²) < 4.78 is 34.3. The number of ether oxygens (including phenoxy) is 2. The lowest BCUT2D eigenvalue weighted by Gasteiger charge is -2.28. The molecular weight excluding hydrogens is 709 g/mol. The second-order valence-corrected chi connectivity index (χ2v) is 17.2. The number of carbonyl (C=O) groups excluding carboxylic acids is 1. The van der Waals surface area contributed by atoms with E-state index in [-0.39, 0.29) is 26.2 Å². The molecule has 0 fully saturated rings. The predicted molar refractivity (Wildman–Crippen MR) is 231 cm³/mol. The topological polar surface area (TPSA) is 94.1 Å². The molecule has 0 saturated heterocycles. The van der Waals surface area contributed by atoms with Crippen molar-refractivity contribution in [3.63, 3.8) is 0 Å². The summed E-state index contributed by atoms with van der Waals surface area (Å²) in [5.41, 5.74) is 0. The summed E-state index contributed by atoms with van der Waals surface area (Å²) in [5, 5.41) is 0. The summed E-state index contributed by atoms with van der Waals surface area (Å²) >= 11 is 0. The lowest BCUT2D eigenvalue weighted by molar-refractivity contribution is -0.870. The van der Waals surface area contributed by atoms with E-state index in [9.17, 15) is 14.3 Å². The average molecular weight is 794 g/mol. The Kier molecular flexibility index (Phi) is 37.5. The van der Waals surface area contributed by atoms with E-state index in [1.54, 1.807) is 6.26 Å². The molecule has 0 aromatic heterocycles. The van der Waals surface area contributed by atoms with Gasteiger partial charge in [-0.1, -0.05) is 159 Å². The maximum absolute atomic E-state index is 12.6. The van der Waals surface area contributed by atoms with Gasteiger partial charge in [-0.2, -0.15) is 0 Å². The van der Waals surface area contributed by atoms with Crippen molar-refractivity contribution in [3.8, 4) is 0 Å². The molecule has 0 aliphatic heterocycles. The van der Waals surface area contributed by atoms with Gasteiger partial charge in [-0.3, -0.25) is 9.36 Å². The molecule has 0 spiro atoms. The summed E-state index contributed by atoms with van der Waals surface area (Å²) in [6.07, 6.45) is 49.0. The standard InChI is InChI=1S/C46H84NO7P/c1-6-8-10-12-14-16-18-20-22-24-25-27-29-31-33-35-37-39-46(48)54-45(44-53-55(49,50)52-42-40-47(3,4)5)43-51-41-38-36-34-32-30-28-26-23-21-19-17-15-13-11-9-7-2/h14,16,20,22,25,27,31,33,38,41,45H,6-13,15,17-19,21,23-24,26,28-30,32,34-37,39-40,42-44H2,1-5H3/t45-/m1/s1. The van der Waals surface area contributed by atoms with Gasteiger partial charge in [-0.05, 0) is 63.9 Å². The summed E-state index contributed by atoms with van der Waals surface area (Å²) in [4.78, 5) is 25.0. The number of carbonyl (C=O) groups is 1. The van der Waals surface area contributed by atoms with E-state index in [2.05, 4.69) is 62.5 Å². The van der Waals surface area contributed by atoms with Gasteiger partial charge in [0.25, 0.3) is 7.82 Å². The van der Waals surface area contributed by atoms with Crippen molar-refractivity contribution in [2.75, 3.05) is 47.5 Å². The Labute approximate surface area is 339 Å². The van der Waals surface area contributed by atoms with E-state index in [0.717, 1.165) is 38.5 Å². The van der Waals surface area contributed by atoms with Gasteiger partial charge in [0.1, 0.15) is 19.8 Å². The number of likely N-dealkylation sites (N-methyl/N-ethyl adjacent to an activating group) is 1. The highest BCUT2D eigenvalue weighted by atomic mass is 31.2. The van der Waals surface area contributed by atoms with Crippen molar-refractivity contribution < 1.29 is 37.3 Å². The van der Waals surface area contributed by atoms with Crippen LogP contribution < -0.4 is 4.89 Å². The SMILES string of the molecule is CCCCCC=CCC=CCC=CCC=CCCCC(=O)O[C@H](COC=CCCCCCCCCCCCCCCCC)COP(=O)([O-])OCC[N+](C)(C)C. The van der Waals surface area contributed by atoms with Crippen LogP contribution in [0.25, 0.3) is 0 Å². The molecule has 0 aliphatic carbocycles. The van der Waals surface area contributed by atoms with E-state index in [1.165, 1.54) is 109 Å². The third-order valence-corrected chi connectivity index (χ3v) is 10.1. The van der Waals surface area contributed by atoms with Crippen molar-refractivity contribution >= 4 is 13.8 Å². The van der Waals surface area contributed by atoms with Gasteiger partial charge < -0.3 is 27.9 Å². The zero-order valence-electron chi connectivity index (χ0n) is 36.1. The third-order valence-electron chi connectivity index (χ3n) is 9.14. The number of quaternary nitrogens is 1. The molecule has 0 heterocycles. The number of hydrogen-bond acceptors (Lipinski definition) is 7. The van der Waals surface area contributed by atoms with Crippen LogP contribution in [0.2, 0.25) is 0 Å². The number of phosphoric acid groups is 1. The molecule has 0 aromatic carbocycles. The number of nitrogens with zero attached hydrogens (tertiary/aromatic N) is 1. The molecule has 0 saturated carbocycles. The first kappa shape index (κ1) is 53.0. The Morgan fingerprint density at radius 1 is 0.582 bits per heavy atom. The maximum atomic E-state index is 12.6. The van der Waals surface area contributed by atoms with Gasteiger partial charge in [0, 0.05) is 6.42 Å². The smallest absolute Gasteiger partial charge is 0.306 e. The molecule has 0 radical (unpaired) electrons. The molecular formula is C46H84NO7P. The molecule has 55 heavy (non-hydrogen) atoms. The van der Waals surface area contributed by atoms with Gasteiger partial charge in [0.2, 0.25) is 0 Å². The van der Waals surface area contributed by atoms with Crippen LogP contribution in [0.15, 0.2) is 60.9 Å². The molecule has 8 nitrogen and oxygen atoms in total. The first-order chi connectivity index (χ1) is 26.6. The zero-order valence-corrected chi connectivity index (χ0v) is 37.0. The van der Waals surface area contributed by atoms with E-state index in [1.807, 2.05) is 27.2 Å². The normalized spacial score (nSPS) is 14.3. The number of phosphoric ester groups is 1. The number of allylic oxidation sites excluding steroid dienone is 9. The van der Waals surface area contributed by atoms with E-state index in [4.69, 9.17) is 18.5 Å². The fourth-order valence-corrected chi connectivity index (χ4v) is 6.41. The molecule has 0 aliphatic rings. The minimum Gasteiger partial charge on any atom is -0.756 e. The Balaban J connectivity index is 4.39.